The lowest BCUT2D eigenvalue weighted by molar-refractivity contribution is 0.669. The average Bonchev–Trinajstić information content (AvgIpc) is 3.90. The Hall–Kier alpha value is -6.11. The van der Waals surface area contributed by atoms with Crippen molar-refractivity contribution >= 4 is 65.6 Å². The van der Waals surface area contributed by atoms with E-state index in [9.17, 15) is 0 Å². The minimum absolute atomic E-state index is 0.648. The Morgan fingerprint density at radius 3 is 1.82 bits per heavy atom. The lowest BCUT2D eigenvalue weighted by atomic mass is 9.89. The number of fused-ring (bicyclic) bond motifs is 9. The molecule has 4 heterocycles. The fraction of sp³-hybridized carbons (Fsp3) is 0.180. The predicted molar refractivity (Wildman–Crippen MR) is 234 cm³/mol. The van der Waals surface area contributed by atoms with E-state index in [-0.39, 0.29) is 0 Å². The summed E-state index contributed by atoms with van der Waals surface area (Å²) in [6.45, 7) is 11.0. The normalized spacial score (nSPS) is 13.7. The molecular weight excluding hydrogens is 705 g/mol. The Balaban J connectivity index is 1.08. The molecule has 9 aromatic rings. The molecule has 0 unspecified atom stereocenters. The van der Waals surface area contributed by atoms with Crippen LogP contribution in [0.4, 0.5) is 0 Å². The summed E-state index contributed by atoms with van der Waals surface area (Å²) in [4.78, 5) is 15.7. The number of nitrogens with zero attached hydrogens (tertiary/aromatic N) is 4. The van der Waals surface area contributed by atoms with Gasteiger partial charge in [-0.1, -0.05) is 48.6 Å². The molecule has 0 N–H and O–H groups in total. The number of benzene rings is 5. The first-order valence-corrected chi connectivity index (χ1v) is 20.5. The number of aromatic nitrogens is 4. The molecule has 0 saturated heterocycles. The zero-order chi connectivity index (χ0) is 37.8. The molecule has 0 radical (unpaired) electrons. The van der Waals surface area contributed by atoms with Crippen LogP contribution >= 0.6 is 11.3 Å². The van der Waals surface area contributed by atoms with Gasteiger partial charge >= 0.3 is 0 Å². The van der Waals surface area contributed by atoms with E-state index < -0.39 is 0 Å². The second-order valence-electron chi connectivity index (χ2n) is 15.6. The second kappa shape index (κ2) is 12.5. The molecule has 5 nitrogen and oxygen atoms in total. The predicted octanol–water partition coefficient (Wildman–Crippen LogP) is 13.4. The molecule has 2 aliphatic carbocycles. The number of allylic oxidation sites excluding steroid dienone is 2. The maximum absolute atomic E-state index is 6.18. The molecule has 272 valence electrons. The van der Waals surface area contributed by atoms with Crippen molar-refractivity contribution < 1.29 is 4.42 Å². The van der Waals surface area contributed by atoms with Crippen molar-refractivity contribution in [3.63, 3.8) is 0 Å². The van der Waals surface area contributed by atoms with E-state index in [1.54, 1.807) is 0 Å². The Bertz CT molecular complexity index is 3140. The Morgan fingerprint density at radius 1 is 0.536 bits per heavy atom. The minimum atomic E-state index is 0.648. The van der Waals surface area contributed by atoms with Crippen molar-refractivity contribution in [2.45, 2.75) is 60.3 Å². The summed E-state index contributed by atoms with van der Waals surface area (Å²) in [5, 5.41) is 4.66. The summed E-state index contributed by atoms with van der Waals surface area (Å²) in [7, 11) is 0. The van der Waals surface area contributed by atoms with Gasteiger partial charge in [-0.15, -0.1) is 11.3 Å². The molecule has 6 heteroatoms. The first kappa shape index (κ1) is 33.2. The van der Waals surface area contributed by atoms with Gasteiger partial charge in [0.25, 0.3) is 0 Å². The van der Waals surface area contributed by atoms with Crippen LogP contribution in [-0.2, 0) is 12.8 Å². The topological polar surface area (TPSA) is 56.7 Å². The summed E-state index contributed by atoms with van der Waals surface area (Å²) >= 11 is 1.84. The lowest BCUT2D eigenvalue weighted by Gasteiger charge is -2.18. The largest absolute Gasteiger partial charge is 0.456 e. The molecule has 0 saturated carbocycles. The smallest absolute Gasteiger partial charge is 0.164 e. The van der Waals surface area contributed by atoms with Gasteiger partial charge in [-0.2, -0.15) is 0 Å². The van der Waals surface area contributed by atoms with Crippen LogP contribution in [0.5, 0.6) is 0 Å². The molecule has 0 bridgehead atoms. The van der Waals surface area contributed by atoms with Crippen LogP contribution < -0.4 is 0 Å². The van der Waals surface area contributed by atoms with Gasteiger partial charge in [0.1, 0.15) is 11.2 Å². The van der Waals surface area contributed by atoms with Crippen LogP contribution in [0, 0.1) is 34.6 Å². The Labute approximate surface area is 329 Å². The molecule has 4 aromatic heterocycles. The van der Waals surface area contributed by atoms with Crippen LogP contribution in [0.15, 0.2) is 95.4 Å². The molecule has 11 rings (SSSR count). The molecule has 0 spiro atoms. The monoisotopic (exact) mass is 744 g/mol. The van der Waals surface area contributed by atoms with Gasteiger partial charge in [0.05, 0.1) is 0 Å². The number of para-hydroxylation sites is 1. The number of hydrogen-bond donors (Lipinski definition) is 0. The molecule has 56 heavy (non-hydrogen) atoms. The maximum Gasteiger partial charge on any atom is 0.164 e. The standard InChI is InChI=1S/C50H40N4OS/c1-27-28(2)30(4)47(31(5)29(27)3)50-52-48(32-19-23-44-40(24-32)37-14-8-11-17-43(37)55-44)51-49(53-50)33-18-21-38-39-22-20-34(26-46(39)56-45(38)25-33)54-41-15-9-6-12-35(41)36-13-7-10-16-42(36)54/h8-11,14-26H,6-7,12-13H2,1-5H3. The fourth-order valence-corrected chi connectivity index (χ4v) is 10.4. The molecule has 0 atom stereocenters. The summed E-state index contributed by atoms with van der Waals surface area (Å²) in [5.41, 5.74) is 18.0. The van der Waals surface area contributed by atoms with Gasteiger partial charge in [-0.25, -0.2) is 15.0 Å². The van der Waals surface area contributed by atoms with Crippen molar-refractivity contribution in [3.05, 3.63) is 141 Å². The van der Waals surface area contributed by atoms with E-state index in [4.69, 9.17) is 19.4 Å². The van der Waals surface area contributed by atoms with Crippen LogP contribution in [0.3, 0.4) is 0 Å². The summed E-state index contributed by atoms with van der Waals surface area (Å²) in [6.07, 6.45) is 13.8. The second-order valence-corrected chi connectivity index (χ2v) is 16.6. The first-order valence-electron chi connectivity index (χ1n) is 19.6. The van der Waals surface area contributed by atoms with Crippen molar-refractivity contribution in [2.24, 2.45) is 0 Å². The summed E-state index contributed by atoms with van der Waals surface area (Å²) in [6, 6.07) is 28.1. The zero-order valence-electron chi connectivity index (χ0n) is 32.2. The zero-order valence-corrected chi connectivity index (χ0v) is 33.1. The number of rotatable bonds is 4. The Kier molecular flexibility index (Phi) is 7.39. The third-order valence-corrected chi connectivity index (χ3v) is 13.7. The lowest BCUT2D eigenvalue weighted by Crippen LogP contribution is -2.05. The van der Waals surface area contributed by atoms with Crippen LogP contribution in [-0.4, -0.2) is 19.5 Å². The molecule has 0 fully saturated rings. The van der Waals surface area contributed by atoms with Crippen LogP contribution in [0.2, 0.25) is 0 Å². The van der Waals surface area contributed by atoms with Gasteiger partial charge in [-0.05, 0) is 154 Å². The molecule has 0 amide bonds. The van der Waals surface area contributed by atoms with E-state index in [2.05, 4.69) is 124 Å². The third kappa shape index (κ3) is 4.95. The number of thiophene rings is 1. The molecule has 5 aromatic carbocycles. The fourth-order valence-electron chi connectivity index (χ4n) is 9.23. The van der Waals surface area contributed by atoms with Crippen molar-refractivity contribution in [1.82, 2.24) is 19.5 Å². The van der Waals surface area contributed by atoms with Crippen LogP contribution in [0.25, 0.3) is 94.1 Å². The van der Waals surface area contributed by atoms with Crippen molar-refractivity contribution in [1.29, 1.82) is 0 Å². The molecular formula is C50H40N4OS. The molecule has 2 aliphatic rings. The molecule has 0 aliphatic heterocycles. The van der Waals surface area contributed by atoms with Gasteiger partial charge in [0.15, 0.2) is 17.5 Å². The highest BCUT2D eigenvalue weighted by Gasteiger charge is 2.24. The summed E-state index contributed by atoms with van der Waals surface area (Å²) < 4.78 is 11.2. The Morgan fingerprint density at radius 2 is 1.11 bits per heavy atom. The minimum Gasteiger partial charge on any atom is -0.456 e. The number of furan rings is 1. The first-order chi connectivity index (χ1) is 27.3. The highest BCUT2D eigenvalue weighted by atomic mass is 32.1. The van der Waals surface area contributed by atoms with Crippen LogP contribution in [0.1, 0.15) is 63.2 Å². The van der Waals surface area contributed by atoms with Crippen molar-refractivity contribution in [2.75, 3.05) is 0 Å². The highest BCUT2D eigenvalue weighted by molar-refractivity contribution is 7.25. The average molecular weight is 745 g/mol. The summed E-state index contributed by atoms with van der Waals surface area (Å²) in [5.74, 6) is 2.02. The van der Waals surface area contributed by atoms with E-state index in [1.807, 2.05) is 29.5 Å². The van der Waals surface area contributed by atoms with E-state index in [0.29, 0.717) is 17.5 Å². The quantitative estimate of drug-likeness (QED) is 0.180. The van der Waals surface area contributed by atoms with E-state index in [0.717, 1.165) is 64.3 Å². The van der Waals surface area contributed by atoms with E-state index in [1.165, 1.54) is 76.2 Å². The SMILES string of the molecule is Cc1c(C)c(C)c(-c2nc(-c3ccc4c(c3)sc3cc(-n5c6c(c7c5C=CCC7)CCC=C6)ccc34)nc(-c3ccc4oc5ccccc5c4c3)n2)c(C)c1C. The van der Waals surface area contributed by atoms with Gasteiger partial charge in [0.2, 0.25) is 0 Å². The van der Waals surface area contributed by atoms with Gasteiger partial charge in [-0.3, -0.25) is 0 Å². The van der Waals surface area contributed by atoms with Gasteiger partial charge in [0, 0.05) is 64.7 Å². The van der Waals surface area contributed by atoms with Crippen molar-refractivity contribution in [3.8, 4) is 39.9 Å². The van der Waals surface area contributed by atoms with E-state index >= 15 is 0 Å². The van der Waals surface area contributed by atoms with Gasteiger partial charge < -0.3 is 8.98 Å². The maximum atomic E-state index is 6.18. The highest BCUT2D eigenvalue weighted by Crippen LogP contribution is 2.41. The third-order valence-electron chi connectivity index (χ3n) is 12.6. The number of hydrogen-bond acceptors (Lipinski definition) is 5.